The van der Waals surface area contributed by atoms with Gasteiger partial charge in [0.25, 0.3) is 0 Å². The van der Waals surface area contributed by atoms with Crippen LogP contribution in [0, 0.1) is 22.7 Å². The molecule has 2 aromatic carbocycles. The third-order valence-electron chi connectivity index (χ3n) is 4.12. The highest BCUT2D eigenvalue weighted by Gasteiger charge is 2.11. The summed E-state index contributed by atoms with van der Waals surface area (Å²) in [5.74, 6) is 0.306. The molecule has 4 aromatic rings. The SMILES string of the molecule is N#Cc1ccc2[nH]cc(C(=O)CCCl)c2c1.N#Cc1ccc2[nH]ccc2c1. The second-order valence-corrected chi connectivity index (χ2v) is 6.21. The van der Waals surface area contributed by atoms with E-state index < -0.39 is 0 Å². The van der Waals surface area contributed by atoms with Crippen LogP contribution in [0.3, 0.4) is 0 Å². The number of Topliss-reactive ketones (excluding diaryl/α,β-unsaturated/α-hetero) is 1. The molecule has 0 atom stereocenters. The van der Waals surface area contributed by atoms with Crippen molar-refractivity contribution < 1.29 is 4.79 Å². The number of nitrogens with zero attached hydrogens (tertiary/aromatic N) is 2. The fraction of sp³-hybridized carbons (Fsp3) is 0.0952. The summed E-state index contributed by atoms with van der Waals surface area (Å²) < 4.78 is 0. The lowest BCUT2D eigenvalue weighted by Gasteiger charge is -1.96. The Bertz CT molecular complexity index is 1190. The number of fused-ring (bicyclic) bond motifs is 2. The molecule has 0 aliphatic heterocycles. The van der Waals surface area contributed by atoms with Gasteiger partial charge in [-0.05, 0) is 42.5 Å². The molecule has 0 saturated carbocycles. The van der Waals surface area contributed by atoms with E-state index in [1.54, 1.807) is 30.5 Å². The highest BCUT2D eigenvalue weighted by molar-refractivity contribution is 6.20. The molecule has 4 rings (SSSR count). The zero-order valence-electron chi connectivity index (χ0n) is 14.3. The van der Waals surface area contributed by atoms with E-state index >= 15 is 0 Å². The van der Waals surface area contributed by atoms with Crippen molar-refractivity contribution in [1.82, 2.24) is 9.97 Å². The van der Waals surface area contributed by atoms with Crippen LogP contribution < -0.4 is 0 Å². The third kappa shape index (κ3) is 4.00. The first-order valence-corrected chi connectivity index (χ1v) is 8.77. The number of rotatable bonds is 3. The maximum atomic E-state index is 11.7. The molecule has 0 radical (unpaired) electrons. The summed E-state index contributed by atoms with van der Waals surface area (Å²) in [6.45, 7) is 0. The van der Waals surface area contributed by atoms with Crippen LogP contribution in [0.1, 0.15) is 27.9 Å². The van der Waals surface area contributed by atoms with E-state index in [2.05, 4.69) is 22.1 Å². The number of H-pyrrole nitrogens is 2. The predicted octanol–water partition coefficient (Wildman–Crippen LogP) is 4.89. The first-order chi connectivity index (χ1) is 13.2. The minimum Gasteiger partial charge on any atom is -0.361 e. The van der Waals surface area contributed by atoms with Crippen LogP contribution in [0.15, 0.2) is 54.9 Å². The summed E-state index contributed by atoms with van der Waals surface area (Å²) in [4.78, 5) is 17.8. The average molecular weight is 375 g/mol. The number of halogens is 1. The molecule has 5 nitrogen and oxygen atoms in total. The monoisotopic (exact) mass is 374 g/mol. The molecule has 0 aliphatic carbocycles. The van der Waals surface area contributed by atoms with Crippen LogP contribution in [0.4, 0.5) is 0 Å². The zero-order valence-corrected chi connectivity index (χ0v) is 15.0. The van der Waals surface area contributed by atoms with Crippen LogP contribution in [-0.4, -0.2) is 21.6 Å². The minimum absolute atomic E-state index is 0.00339. The summed E-state index contributed by atoms with van der Waals surface area (Å²) >= 11 is 5.54. The zero-order chi connectivity index (χ0) is 19.2. The van der Waals surface area contributed by atoms with Crippen molar-refractivity contribution in [3.8, 4) is 12.1 Å². The number of aromatic amines is 2. The molecule has 0 fully saturated rings. The van der Waals surface area contributed by atoms with Crippen molar-refractivity contribution in [2.75, 3.05) is 5.88 Å². The topological polar surface area (TPSA) is 96.2 Å². The Morgan fingerprint density at radius 3 is 2.37 bits per heavy atom. The number of hydrogen-bond donors (Lipinski definition) is 2. The number of carbonyl (C=O) groups excluding carboxylic acids is 1. The van der Waals surface area contributed by atoms with E-state index in [1.807, 2.05) is 24.4 Å². The summed E-state index contributed by atoms with van der Waals surface area (Å²) in [5.41, 5.74) is 3.79. The lowest BCUT2D eigenvalue weighted by Crippen LogP contribution is -1.98. The highest BCUT2D eigenvalue weighted by atomic mass is 35.5. The van der Waals surface area contributed by atoms with Gasteiger partial charge in [-0.25, -0.2) is 0 Å². The van der Waals surface area contributed by atoms with Crippen molar-refractivity contribution in [1.29, 1.82) is 10.5 Å². The van der Waals surface area contributed by atoms with E-state index in [-0.39, 0.29) is 5.78 Å². The van der Waals surface area contributed by atoms with Gasteiger partial charge in [-0.15, -0.1) is 11.6 Å². The lowest BCUT2D eigenvalue weighted by molar-refractivity contribution is 0.0991. The standard InChI is InChI=1S/C12H9ClN2O.C9H6N2/c13-4-3-12(16)10-7-15-11-2-1-8(6-14)5-9(10)11;10-6-7-1-2-9-8(5-7)3-4-11-9/h1-2,5,7,15H,3-4H2;1-5,11H. The van der Waals surface area contributed by atoms with E-state index in [9.17, 15) is 4.79 Å². The van der Waals surface area contributed by atoms with Gasteiger partial charge >= 0.3 is 0 Å². The second-order valence-electron chi connectivity index (χ2n) is 5.83. The minimum atomic E-state index is -0.00339. The number of nitrogens with one attached hydrogen (secondary N) is 2. The maximum Gasteiger partial charge on any atom is 0.166 e. The van der Waals surface area contributed by atoms with Gasteiger partial charge in [0.1, 0.15) is 0 Å². The number of alkyl halides is 1. The largest absolute Gasteiger partial charge is 0.361 e. The van der Waals surface area contributed by atoms with Crippen molar-refractivity contribution in [3.63, 3.8) is 0 Å². The van der Waals surface area contributed by atoms with Crippen LogP contribution in [0.25, 0.3) is 21.8 Å². The van der Waals surface area contributed by atoms with Crippen LogP contribution in [-0.2, 0) is 0 Å². The number of aromatic nitrogens is 2. The molecular weight excluding hydrogens is 360 g/mol. The maximum absolute atomic E-state index is 11.7. The highest BCUT2D eigenvalue weighted by Crippen LogP contribution is 2.21. The predicted molar refractivity (Wildman–Crippen MR) is 106 cm³/mol. The van der Waals surface area contributed by atoms with Gasteiger partial charge in [0.15, 0.2) is 5.78 Å². The summed E-state index contributed by atoms with van der Waals surface area (Å²) in [6, 6.07) is 16.9. The molecule has 0 spiro atoms. The molecule has 0 saturated heterocycles. The molecule has 0 aliphatic rings. The fourth-order valence-electron chi connectivity index (χ4n) is 2.76. The van der Waals surface area contributed by atoms with Gasteiger partial charge in [-0.1, -0.05) is 0 Å². The Labute approximate surface area is 160 Å². The smallest absolute Gasteiger partial charge is 0.166 e. The number of hydrogen-bond acceptors (Lipinski definition) is 3. The number of carbonyl (C=O) groups is 1. The Morgan fingerprint density at radius 1 is 0.963 bits per heavy atom. The third-order valence-corrected chi connectivity index (χ3v) is 4.30. The van der Waals surface area contributed by atoms with Crippen LogP contribution >= 0.6 is 11.6 Å². The summed E-state index contributed by atoms with van der Waals surface area (Å²) in [7, 11) is 0. The Balaban J connectivity index is 0.000000166. The average Bonchev–Trinajstić information content (AvgIpc) is 3.34. The lowest BCUT2D eigenvalue weighted by atomic mass is 10.1. The van der Waals surface area contributed by atoms with E-state index in [0.29, 0.717) is 29.0 Å². The fourth-order valence-corrected chi connectivity index (χ4v) is 2.94. The van der Waals surface area contributed by atoms with Crippen molar-refractivity contribution in [2.24, 2.45) is 0 Å². The van der Waals surface area contributed by atoms with Crippen LogP contribution in [0.2, 0.25) is 0 Å². The molecule has 2 aromatic heterocycles. The quantitative estimate of drug-likeness (QED) is 0.394. The molecule has 27 heavy (non-hydrogen) atoms. The van der Waals surface area contributed by atoms with Gasteiger partial charge < -0.3 is 9.97 Å². The number of nitriles is 2. The van der Waals surface area contributed by atoms with E-state index in [1.165, 1.54) is 0 Å². The summed E-state index contributed by atoms with van der Waals surface area (Å²) in [6.07, 6.45) is 3.85. The molecule has 132 valence electrons. The van der Waals surface area contributed by atoms with E-state index in [0.717, 1.165) is 21.8 Å². The second kappa shape index (κ2) is 8.23. The van der Waals surface area contributed by atoms with Crippen molar-refractivity contribution in [3.05, 3.63) is 71.5 Å². The van der Waals surface area contributed by atoms with Gasteiger partial charge in [-0.3, -0.25) is 4.79 Å². The van der Waals surface area contributed by atoms with Gasteiger partial charge in [0.05, 0.1) is 23.3 Å². The number of benzene rings is 2. The molecule has 2 heterocycles. The number of ketones is 1. The molecule has 0 unspecified atom stereocenters. The first-order valence-electron chi connectivity index (χ1n) is 8.24. The van der Waals surface area contributed by atoms with Gasteiger partial charge in [0, 0.05) is 52.1 Å². The Kier molecular flexibility index (Phi) is 5.56. The molecular formula is C21H15ClN4O. The van der Waals surface area contributed by atoms with Crippen LogP contribution in [0.5, 0.6) is 0 Å². The molecule has 0 amide bonds. The van der Waals surface area contributed by atoms with E-state index in [4.69, 9.17) is 22.1 Å². The van der Waals surface area contributed by atoms with Gasteiger partial charge in [0.2, 0.25) is 0 Å². The normalized spacial score (nSPS) is 10.0. The Hall–Kier alpha value is -3.54. The molecule has 0 bridgehead atoms. The van der Waals surface area contributed by atoms with Crippen molar-refractivity contribution >= 4 is 39.2 Å². The first kappa shape index (κ1) is 18.3. The van der Waals surface area contributed by atoms with Gasteiger partial charge in [-0.2, -0.15) is 10.5 Å². The Morgan fingerprint density at radius 2 is 1.67 bits per heavy atom. The summed E-state index contributed by atoms with van der Waals surface area (Å²) in [5, 5.41) is 19.2. The van der Waals surface area contributed by atoms with Crippen molar-refractivity contribution in [2.45, 2.75) is 6.42 Å². The molecule has 6 heteroatoms. The molecule has 2 N–H and O–H groups in total.